The number of carbonyl (C=O) groups excluding carboxylic acids is 2. The zero-order chi connectivity index (χ0) is 20.1. The van der Waals surface area contributed by atoms with Gasteiger partial charge in [0.05, 0.1) is 18.4 Å². The van der Waals surface area contributed by atoms with Crippen LogP contribution in [0.4, 0.5) is 15.8 Å². The summed E-state index contributed by atoms with van der Waals surface area (Å²) in [5.74, 6) is -1.01. The molecule has 142 valence electrons. The first-order valence-electron chi connectivity index (χ1n) is 8.60. The minimum Gasteiger partial charge on any atom is -0.495 e. The molecule has 3 aromatic carbocycles. The van der Waals surface area contributed by atoms with Crippen LogP contribution in [-0.4, -0.2) is 18.9 Å². The standard InChI is InChI=1S/C22H19FN2O3/c1-14-11-12-15(21(26)24-18-9-5-6-10-20(18)28-2)13-19(14)25-22(27)16-7-3-4-8-17(16)23/h3-13H,1-2H3,(H,24,26)(H,25,27). The Morgan fingerprint density at radius 2 is 1.54 bits per heavy atom. The molecule has 0 bridgehead atoms. The zero-order valence-corrected chi connectivity index (χ0v) is 15.5. The highest BCUT2D eigenvalue weighted by molar-refractivity contribution is 6.08. The van der Waals surface area contributed by atoms with E-state index in [1.165, 1.54) is 25.3 Å². The summed E-state index contributed by atoms with van der Waals surface area (Å²) in [7, 11) is 1.52. The molecule has 2 N–H and O–H groups in total. The summed E-state index contributed by atoms with van der Waals surface area (Å²) < 4.78 is 19.1. The molecule has 5 nitrogen and oxygen atoms in total. The molecule has 0 saturated carbocycles. The van der Waals surface area contributed by atoms with Crippen molar-refractivity contribution >= 4 is 23.2 Å². The van der Waals surface area contributed by atoms with Crippen LogP contribution in [0.25, 0.3) is 0 Å². The largest absolute Gasteiger partial charge is 0.495 e. The molecule has 0 spiro atoms. The molecule has 3 aromatic rings. The van der Waals surface area contributed by atoms with Gasteiger partial charge in [-0.3, -0.25) is 9.59 Å². The number of halogens is 1. The molecule has 0 heterocycles. The Morgan fingerprint density at radius 1 is 0.857 bits per heavy atom. The minimum atomic E-state index is -0.609. The van der Waals surface area contributed by atoms with E-state index in [9.17, 15) is 14.0 Å². The highest BCUT2D eigenvalue weighted by Gasteiger charge is 2.15. The van der Waals surface area contributed by atoms with E-state index in [0.717, 1.165) is 5.56 Å². The van der Waals surface area contributed by atoms with Crippen molar-refractivity contribution in [3.05, 3.63) is 89.2 Å². The van der Waals surface area contributed by atoms with Gasteiger partial charge in [-0.2, -0.15) is 0 Å². The maximum atomic E-state index is 13.8. The Bertz CT molecular complexity index is 1030. The Kier molecular flexibility index (Phi) is 5.69. The monoisotopic (exact) mass is 378 g/mol. The highest BCUT2D eigenvalue weighted by Crippen LogP contribution is 2.25. The normalized spacial score (nSPS) is 10.2. The van der Waals surface area contributed by atoms with Crippen LogP contribution in [0.2, 0.25) is 0 Å². The highest BCUT2D eigenvalue weighted by atomic mass is 19.1. The molecule has 28 heavy (non-hydrogen) atoms. The van der Waals surface area contributed by atoms with E-state index in [1.54, 1.807) is 55.5 Å². The van der Waals surface area contributed by atoms with Gasteiger partial charge in [-0.05, 0) is 48.9 Å². The number of amides is 2. The molecule has 3 rings (SSSR count). The third-order valence-electron chi connectivity index (χ3n) is 4.22. The van der Waals surface area contributed by atoms with Gasteiger partial charge in [-0.1, -0.05) is 30.3 Å². The molecule has 0 aromatic heterocycles. The van der Waals surface area contributed by atoms with Gasteiger partial charge in [-0.25, -0.2) is 4.39 Å². The van der Waals surface area contributed by atoms with Gasteiger partial charge in [-0.15, -0.1) is 0 Å². The fourth-order valence-corrected chi connectivity index (χ4v) is 2.68. The van der Waals surface area contributed by atoms with Crippen LogP contribution in [0.15, 0.2) is 66.7 Å². The Balaban J connectivity index is 1.82. The van der Waals surface area contributed by atoms with Crippen LogP contribution >= 0.6 is 0 Å². The van der Waals surface area contributed by atoms with Crippen molar-refractivity contribution in [3.8, 4) is 5.75 Å². The fraction of sp³-hybridized carbons (Fsp3) is 0.0909. The molecule has 0 aliphatic heterocycles. The number of aryl methyl sites for hydroxylation is 1. The van der Waals surface area contributed by atoms with Crippen molar-refractivity contribution in [1.82, 2.24) is 0 Å². The number of nitrogens with one attached hydrogen (secondary N) is 2. The number of carbonyl (C=O) groups is 2. The summed E-state index contributed by atoms with van der Waals surface area (Å²) >= 11 is 0. The summed E-state index contributed by atoms with van der Waals surface area (Å²) in [6.07, 6.45) is 0. The number of hydrogen-bond donors (Lipinski definition) is 2. The molecule has 0 unspecified atom stereocenters. The van der Waals surface area contributed by atoms with E-state index in [0.29, 0.717) is 22.7 Å². The number of methoxy groups -OCH3 is 1. The lowest BCUT2D eigenvalue weighted by atomic mass is 10.1. The number of ether oxygens (including phenoxy) is 1. The Morgan fingerprint density at radius 3 is 2.29 bits per heavy atom. The molecule has 6 heteroatoms. The topological polar surface area (TPSA) is 67.4 Å². The molecule has 0 saturated heterocycles. The van der Waals surface area contributed by atoms with Crippen molar-refractivity contribution in [3.63, 3.8) is 0 Å². The number of para-hydroxylation sites is 2. The van der Waals surface area contributed by atoms with E-state index in [-0.39, 0.29) is 11.5 Å². The van der Waals surface area contributed by atoms with E-state index in [4.69, 9.17) is 4.74 Å². The van der Waals surface area contributed by atoms with Gasteiger partial charge in [0.2, 0.25) is 0 Å². The number of benzene rings is 3. The molecule has 0 fully saturated rings. The molecular weight excluding hydrogens is 359 g/mol. The van der Waals surface area contributed by atoms with Crippen LogP contribution in [0, 0.1) is 12.7 Å². The number of anilines is 2. The average Bonchev–Trinajstić information content (AvgIpc) is 2.70. The minimum absolute atomic E-state index is 0.0641. The summed E-state index contributed by atoms with van der Waals surface area (Å²) in [6.45, 7) is 1.79. The Labute approximate surface area is 162 Å². The third-order valence-corrected chi connectivity index (χ3v) is 4.22. The second-order valence-corrected chi connectivity index (χ2v) is 6.12. The third kappa shape index (κ3) is 4.17. The van der Waals surface area contributed by atoms with Crippen LogP contribution < -0.4 is 15.4 Å². The van der Waals surface area contributed by atoms with E-state index in [2.05, 4.69) is 10.6 Å². The SMILES string of the molecule is COc1ccccc1NC(=O)c1ccc(C)c(NC(=O)c2ccccc2F)c1. The van der Waals surface area contributed by atoms with Crippen LogP contribution in [-0.2, 0) is 0 Å². The second kappa shape index (κ2) is 8.35. The van der Waals surface area contributed by atoms with Gasteiger partial charge in [0.25, 0.3) is 11.8 Å². The number of hydrogen-bond acceptors (Lipinski definition) is 3. The smallest absolute Gasteiger partial charge is 0.258 e. The van der Waals surface area contributed by atoms with Crippen molar-refractivity contribution in [2.24, 2.45) is 0 Å². The fourth-order valence-electron chi connectivity index (χ4n) is 2.68. The summed E-state index contributed by atoms with van der Waals surface area (Å²) in [5, 5.41) is 5.45. The van der Waals surface area contributed by atoms with Crippen LogP contribution in [0.5, 0.6) is 5.75 Å². The summed E-state index contributed by atoms with van der Waals surface area (Å²) in [4.78, 5) is 25.0. The molecule has 0 aliphatic rings. The van der Waals surface area contributed by atoms with E-state index < -0.39 is 11.7 Å². The number of rotatable bonds is 5. The van der Waals surface area contributed by atoms with Crippen molar-refractivity contribution in [1.29, 1.82) is 0 Å². The maximum Gasteiger partial charge on any atom is 0.258 e. The first-order chi connectivity index (χ1) is 13.5. The maximum absolute atomic E-state index is 13.8. The first-order valence-corrected chi connectivity index (χ1v) is 8.60. The van der Waals surface area contributed by atoms with E-state index >= 15 is 0 Å². The molecule has 0 atom stereocenters. The lowest BCUT2D eigenvalue weighted by Gasteiger charge is -2.13. The van der Waals surface area contributed by atoms with Crippen molar-refractivity contribution < 1.29 is 18.7 Å². The van der Waals surface area contributed by atoms with Gasteiger partial charge < -0.3 is 15.4 Å². The van der Waals surface area contributed by atoms with Gasteiger partial charge in [0.15, 0.2) is 0 Å². The van der Waals surface area contributed by atoms with E-state index in [1.807, 2.05) is 0 Å². The average molecular weight is 378 g/mol. The molecule has 0 aliphatic carbocycles. The quantitative estimate of drug-likeness (QED) is 0.679. The van der Waals surface area contributed by atoms with Gasteiger partial charge in [0.1, 0.15) is 11.6 Å². The summed E-state index contributed by atoms with van der Waals surface area (Å²) in [6, 6.07) is 17.7. The summed E-state index contributed by atoms with van der Waals surface area (Å²) in [5.41, 5.74) is 2.00. The lowest BCUT2D eigenvalue weighted by molar-refractivity contribution is 0.101. The van der Waals surface area contributed by atoms with Crippen LogP contribution in [0.3, 0.4) is 0 Å². The lowest BCUT2D eigenvalue weighted by Crippen LogP contribution is -2.16. The molecule has 0 radical (unpaired) electrons. The van der Waals surface area contributed by atoms with Crippen molar-refractivity contribution in [2.75, 3.05) is 17.7 Å². The molecular formula is C22H19FN2O3. The van der Waals surface area contributed by atoms with Gasteiger partial charge in [0, 0.05) is 11.3 Å². The predicted molar refractivity (Wildman–Crippen MR) is 106 cm³/mol. The molecule has 2 amide bonds. The predicted octanol–water partition coefficient (Wildman–Crippen LogP) is 4.65. The van der Waals surface area contributed by atoms with Gasteiger partial charge >= 0.3 is 0 Å². The second-order valence-electron chi connectivity index (χ2n) is 6.12. The van der Waals surface area contributed by atoms with Crippen molar-refractivity contribution in [2.45, 2.75) is 6.92 Å². The first kappa shape index (κ1) is 19.1. The zero-order valence-electron chi connectivity index (χ0n) is 15.5. The van der Waals surface area contributed by atoms with Crippen LogP contribution in [0.1, 0.15) is 26.3 Å². The Hall–Kier alpha value is -3.67.